The smallest absolute Gasteiger partial charge is 0.329 e. The first-order valence-corrected chi connectivity index (χ1v) is 10.2. The molecule has 3 atom stereocenters. The average molecular weight is 408 g/mol. The molecule has 0 radical (unpaired) electrons. The summed E-state index contributed by atoms with van der Waals surface area (Å²) in [6, 6.07) is 0.555. The summed E-state index contributed by atoms with van der Waals surface area (Å²) in [5, 5.41) is 12.7. The first kappa shape index (κ1) is 22.9. The lowest BCUT2D eigenvalue weighted by Gasteiger charge is -2.23. The molecule has 2 unspecified atom stereocenters. The SMILES string of the molecule is CCC(CC)CC1CC(C)OC(=O)[C@@H](NC(=O)c2nccc(OC)c2O)CCO1. The van der Waals surface area contributed by atoms with Crippen molar-refractivity contribution in [2.75, 3.05) is 13.7 Å². The fraction of sp³-hybridized carbons (Fsp3) is 0.667. The van der Waals surface area contributed by atoms with Gasteiger partial charge in [0.25, 0.3) is 5.91 Å². The number of rotatable bonds is 7. The van der Waals surface area contributed by atoms with Crippen LogP contribution in [0.1, 0.15) is 63.4 Å². The van der Waals surface area contributed by atoms with E-state index in [-0.39, 0.29) is 35.8 Å². The Morgan fingerprint density at radius 2 is 2.14 bits per heavy atom. The molecule has 1 saturated heterocycles. The molecule has 162 valence electrons. The number of hydrogen-bond donors (Lipinski definition) is 2. The summed E-state index contributed by atoms with van der Waals surface area (Å²) in [7, 11) is 1.38. The summed E-state index contributed by atoms with van der Waals surface area (Å²) in [5.41, 5.74) is -0.211. The lowest BCUT2D eigenvalue weighted by atomic mass is 9.94. The maximum Gasteiger partial charge on any atom is 0.329 e. The largest absolute Gasteiger partial charge is 0.503 e. The summed E-state index contributed by atoms with van der Waals surface area (Å²) in [5.74, 6) is -0.868. The number of hydrogen-bond acceptors (Lipinski definition) is 7. The summed E-state index contributed by atoms with van der Waals surface area (Å²) in [4.78, 5) is 29.0. The number of methoxy groups -OCH3 is 1. The quantitative estimate of drug-likeness (QED) is 0.668. The lowest BCUT2D eigenvalue weighted by Crippen LogP contribution is -2.43. The van der Waals surface area contributed by atoms with Crippen LogP contribution in [-0.4, -0.2) is 53.9 Å². The number of carbonyl (C=O) groups is 2. The zero-order valence-electron chi connectivity index (χ0n) is 17.6. The number of cyclic esters (lactones) is 1. The minimum atomic E-state index is -0.885. The first-order chi connectivity index (χ1) is 13.9. The number of amides is 1. The molecular weight excluding hydrogens is 376 g/mol. The highest BCUT2D eigenvalue weighted by atomic mass is 16.5. The number of carbonyl (C=O) groups excluding carboxylic acids is 2. The maximum atomic E-state index is 12.6. The van der Waals surface area contributed by atoms with Crippen LogP contribution in [0.5, 0.6) is 11.5 Å². The van der Waals surface area contributed by atoms with Crippen molar-refractivity contribution in [2.24, 2.45) is 5.92 Å². The first-order valence-electron chi connectivity index (χ1n) is 10.2. The summed E-state index contributed by atoms with van der Waals surface area (Å²) < 4.78 is 16.6. The van der Waals surface area contributed by atoms with Gasteiger partial charge < -0.3 is 24.6 Å². The van der Waals surface area contributed by atoms with Crippen LogP contribution >= 0.6 is 0 Å². The molecule has 0 aromatic carbocycles. The third-order valence-corrected chi connectivity index (χ3v) is 5.34. The fourth-order valence-electron chi connectivity index (χ4n) is 3.52. The highest BCUT2D eigenvalue weighted by Crippen LogP contribution is 2.28. The van der Waals surface area contributed by atoms with E-state index in [1.54, 1.807) is 0 Å². The van der Waals surface area contributed by atoms with Crippen LogP contribution in [0.4, 0.5) is 0 Å². The molecule has 1 aliphatic rings. The second kappa shape index (κ2) is 11.0. The molecule has 0 spiro atoms. The molecule has 2 rings (SSSR count). The van der Waals surface area contributed by atoms with Gasteiger partial charge in [-0.05, 0) is 19.3 Å². The van der Waals surface area contributed by atoms with Crippen LogP contribution in [0.15, 0.2) is 12.3 Å². The van der Waals surface area contributed by atoms with Crippen molar-refractivity contribution in [3.05, 3.63) is 18.0 Å². The number of aromatic hydroxyl groups is 1. The Morgan fingerprint density at radius 1 is 1.41 bits per heavy atom. The average Bonchev–Trinajstić information content (AvgIpc) is 2.76. The molecule has 1 aliphatic heterocycles. The number of pyridine rings is 1. The minimum Gasteiger partial charge on any atom is -0.503 e. The predicted molar refractivity (Wildman–Crippen MR) is 107 cm³/mol. The number of nitrogens with one attached hydrogen (secondary N) is 1. The third-order valence-electron chi connectivity index (χ3n) is 5.34. The second-order valence-electron chi connectivity index (χ2n) is 7.42. The Hall–Kier alpha value is -2.35. The summed E-state index contributed by atoms with van der Waals surface area (Å²) in [6.07, 6.45) is 5.04. The molecule has 8 nitrogen and oxygen atoms in total. The number of nitrogens with zero attached hydrogens (tertiary/aromatic N) is 1. The molecule has 2 heterocycles. The van der Waals surface area contributed by atoms with Gasteiger partial charge in [0.2, 0.25) is 0 Å². The van der Waals surface area contributed by atoms with Gasteiger partial charge in [-0.15, -0.1) is 0 Å². The predicted octanol–water partition coefficient (Wildman–Crippen LogP) is 2.83. The van der Waals surface area contributed by atoms with Crippen molar-refractivity contribution in [3.8, 4) is 11.5 Å². The van der Waals surface area contributed by atoms with E-state index < -0.39 is 17.9 Å². The van der Waals surface area contributed by atoms with Gasteiger partial charge in [0.05, 0.1) is 13.2 Å². The van der Waals surface area contributed by atoms with Gasteiger partial charge in [0.15, 0.2) is 17.2 Å². The van der Waals surface area contributed by atoms with E-state index >= 15 is 0 Å². The van der Waals surface area contributed by atoms with E-state index in [9.17, 15) is 14.7 Å². The van der Waals surface area contributed by atoms with Crippen molar-refractivity contribution in [1.82, 2.24) is 10.3 Å². The highest BCUT2D eigenvalue weighted by molar-refractivity contribution is 5.97. The number of aromatic nitrogens is 1. The zero-order chi connectivity index (χ0) is 21.4. The van der Waals surface area contributed by atoms with Crippen molar-refractivity contribution >= 4 is 11.9 Å². The molecule has 2 N–H and O–H groups in total. The fourth-order valence-corrected chi connectivity index (χ4v) is 3.52. The third kappa shape index (κ3) is 6.32. The lowest BCUT2D eigenvalue weighted by molar-refractivity contribution is -0.151. The number of esters is 1. The standard InChI is InChI=1S/C21H32N2O6/c1-5-14(6-2)12-15-11-13(3)29-21(26)16(8-10-28-15)23-20(25)18-19(24)17(27-4)7-9-22-18/h7,9,13-16,24H,5-6,8,10-12H2,1-4H3,(H,23,25)/t13?,15?,16-/m0/s1. The van der Waals surface area contributed by atoms with Gasteiger partial charge in [0, 0.05) is 31.7 Å². The Kier molecular flexibility index (Phi) is 8.70. The maximum absolute atomic E-state index is 12.6. The van der Waals surface area contributed by atoms with Crippen molar-refractivity contribution in [3.63, 3.8) is 0 Å². The van der Waals surface area contributed by atoms with Gasteiger partial charge in [-0.3, -0.25) is 4.79 Å². The number of ether oxygens (including phenoxy) is 3. The molecule has 0 bridgehead atoms. The van der Waals surface area contributed by atoms with E-state index in [1.165, 1.54) is 19.4 Å². The molecule has 0 saturated carbocycles. The molecule has 8 heteroatoms. The van der Waals surface area contributed by atoms with Gasteiger partial charge in [-0.25, -0.2) is 9.78 Å². The Bertz CT molecular complexity index is 692. The second-order valence-corrected chi connectivity index (χ2v) is 7.42. The van der Waals surface area contributed by atoms with Crippen molar-refractivity contribution in [1.29, 1.82) is 0 Å². The van der Waals surface area contributed by atoms with Gasteiger partial charge in [-0.1, -0.05) is 26.7 Å². The normalized spacial score (nSPS) is 22.9. The summed E-state index contributed by atoms with van der Waals surface area (Å²) in [6.45, 7) is 6.50. The Balaban J connectivity index is 2.06. The van der Waals surface area contributed by atoms with Gasteiger partial charge in [-0.2, -0.15) is 0 Å². The van der Waals surface area contributed by atoms with E-state index in [4.69, 9.17) is 14.2 Å². The minimum absolute atomic E-state index is 0.0150. The molecule has 0 aliphatic carbocycles. The van der Waals surface area contributed by atoms with Gasteiger partial charge in [0.1, 0.15) is 12.1 Å². The molecule has 1 aromatic heterocycles. The summed E-state index contributed by atoms with van der Waals surface area (Å²) >= 11 is 0. The van der Waals surface area contributed by atoms with Crippen molar-refractivity contribution in [2.45, 2.75) is 71.1 Å². The van der Waals surface area contributed by atoms with Crippen LogP contribution in [0.3, 0.4) is 0 Å². The zero-order valence-corrected chi connectivity index (χ0v) is 17.6. The Morgan fingerprint density at radius 3 is 2.79 bits per heavy atom. The van der Waals surface area contributed by atoms with Crippen LogP contribution in [0, 0.1) is 5.92 Å². The Labute approximate surface area is 171 Å². The van der Waals surface area contributed by atoms with E-state index in [2.05, 4.69) is 24.1 Å². The van der Waals surface area contributed by atoms with Crippen molar-refractivity contribution < 1.29 is 28.9 Å². The van der Waals surface area contributed by atoms with Crippen LogP contribution in [0.2, 0.25) is 0 Å². The topological polar surface area (TPSA) is 107 Å². The molecule has 29 heavy (non-hydrogen) atoms. The van der Waals surface area contributed by atoms with Crippen LogP contribution < -0.4 is 10.1 Å². The monoisotopic (exact) mass is 408 g/mol. The van der Waals surface area contributed by atoms with E-state index in [0.717, 1.165) is 19.3 Å². The van der Waals surface area contributed by atoms with Gasteiger partial charge >= 0.3 is 5.97 Å². The van der Waals surface area contributed by atoms with E-state index in [0.29, 0.717) is 18.9 Å². The highest BCUT2D eigenvalue weighted by Gasteiger charge is 2.30. The van der Waals surface area contributed by atoms with E-state index in [1.807, 2.05) is 6.92 Å². The molecule has 1 fully saturated rings. The molecule has 1 aromatic rings. The molecule has 1 amide bonds. The van der Waals surface area contributed by atoms with Crippen LogP contribution in [0.25, 0.3) is 0 Å². The van der Waals surface area contributed by atoms with Crippen LogP contribution in [-0.2, 0) is 14.3 Å². The molecular formula is C21H32N2O6.